The molecule has 7 heteroatoms. The van der Waals surface area contributed by atoms with Gasteiger partial charge in [-0.05, 0) is 54.4 Å². The molecule has 2 heterocycles. The van der Waals surface area contributed by atoms with Gasteiger partial charge in [-0.25, -0.2) is 13.8 Å². The topological polar surface area (TPSA) is 60.5 Å². The van der Waals surface area contributed by atoms with Crippen molar-refractivity contribution >= 4 is 22.5 Å². The van der Waals surface area contributed by atoms with Crippen molar-refractivity contribution in [1.82, 2.24) is 4.98 Å². The zero-order chi connectivity index (χ0) is 22.5. The number of nitrogens with zero attached hydrogens (tertiary/aromatic N) is 2. The van der Waals surface area contributed by atoms with Crippen molar-refractivity contribution in [3.05, 3.63) is 64.4 Å². The third kappa shape index (κ3) is 3.41. The fourth-order valence-corrected chi connectivity index (χ4v) is 6.60. The van der Waals surface area contributed by atoms with Crippen molar-refractivity contribution in [3.8, 4) is 5.88 Å². The predicted molar refractivity (Wildman–Crippen MR) is 125 cm³/mol. The largest absolute Gasteiger partial charge is 0.481 e. The molecule has 0 saturated heterocycles. The number of hydrogen-bond donors (Lipinski definition) is 1. The third-order valence-electron chi connectivity index (χ3n) is 7.21. The van der Waals surface area contributed by atoms with Crippen molar-refractivity contribution < 1.29 is 13.5 Å². The van der Waals surface area contributed by atoms with Gasteiger partial charge < -0.3 is 10.5 Å². The highest BCUT2D eigenvalue weighted by Gasteiger charge is 2.49. The molecule has 1 aromatic carbocycles. The second-order valence-electron chi connectivity index (χ2n) is 9.02. The van der Waals surface area contributed by atoms with Crippen molar-refractivity contribution in [2.45, 2.75) is 44.6 Å². The molecule has 0 spiro atoms. The molecule has 32 heavy (non-hydrogen) atoms. The van der Waals surface area contributed by atoms with E-state index in [0.717, 1.165) is 30.2 Å². The number of nitrogens with two attached hydrogens (primary N) is 1. The lowest BCUT2D eigenvalue weighted by atomic mass is 9.66. The number of pyridine rings is 1. The average Bonchev–Trinajstić information content (AvgIpc) is 2.77. The van der Waals surface area contributed by atoms with E-state index in [1.54, 1.807) is 7.11 Å². The molecular formula is C25H27F2N3OS. The molecule has 3 aliphatic rings. The quantitative estimate of drug-likeness (QED) is 0.687. The minimum Gasteiger partial charge on any atom is -0.481 e. The Bertz CT molecular complexity index is 1130. The van der Waals surface area contributed by atoms with Crippen LogP contribution in [0.4, 0.5) is 8.78 Å². The van der Waals surface area contributed by atoms with Gasteiger partial charge in [-0.3, -0.25) is 4.99 Å². The number of benzene rings is 1. The Labute approximate surface area is 191 Å². The summed E-state index contributed by atoms with van der Waals surface area (Å²) in [6.45, 7) is 2.27. The third-order valence-corrected chi connectivity index (χ3v) is 8.17. The van der Waals surface area contributed by atoms with E-state index < -0.39 is 17.2 Å². The molecule has 0 radical (unpaired) electrons. The first-order valence-electron chi connectivity index (χ1n) is 11.1. The summed E-state index contributed by atoms with van der Waals surface area (Å²) in [7, 11) is 1.61. The number of methoxy groups -OCH3 is 1. The van der Waals surface area contributed by atoms with Crippen LogP contribution in [0.25, 0.3) is 5.57 Å². The lowest BCUT2D eigenvalue weighted by molar-refractivity contribution is 0.261. The molecule has 1 aliphatic heterocycles. The molecule has 1 aromatic heterocycles. The SMILES string of the molecule is COc1ncc(C2=CCCC[C@H]2C)c2c1C[C@]1(c3ccc(F)cc3F)N=C(N)SC[C@@H]1C2. The van der Waals surface area contributed by atoms with Crippen LogP contribution in [0.2, 0.25) is 0 Å². The Morgan fingerprint density at radius 2 is 2.09 bits per heavy atom. The molecule has 0 fully saturated rings. The molecule has 0 saturated carbocycles. The maximum Gasteiger partial charge on any atom is 0.216 e. The number of amidine groups is 1. The van der Waals surface area contributed by atoms with Crippen LogP contribution in [-0.4, -0.2) is 23.0 Å². The van der Waals surface area contributed by atoms with Gasteiger partial charge in [0.05, 0.1) is 12.6 Å². The van der Waals surface area contributed by atoms with E-state index in [1.807, 2.05) is 6.20 Å². The number of thioether (sulfide) groups is 1. The number of hydrogen-bond acceptors (Lipinski definition) is 5. The Kier molecular flexibility index (Phi) is 5.48. The molecule has 0 amide bonds. The highest BCUT2D eigenvalue weighted by atomic mass is 32.2. The minimum absolute atomic E-state index is 0.0256. The average molecular weight is 456 g/mol. The van der Waals surface area contributed by atoms with Crippen molar-refractivity contribution in [2.75, 3.05) is 12.9 Å². The molecule has 0 unspecified atom stereocenters. The Balaban J connectivity index is 1.71. The highest BCUT2D eigenvalue weighted by Crippen LogP contribution is 2.51. The molecule has 3 atom stereocenters. The summed E-state index contributed by atoms with van der Waals surface area (Å²) in [6, 6.07) is 3.75. The number of allylic oxidation sites excluding steroid dienone is 2. The lowest BCUT2D eigenvalue weighted by Gasteiger charge is -2.45. The van der Waals surface area contributed by atoms with Gasteiger partial charge in [0.25, 0.3) is 0 Å². The first-order valence-corrected chi connectivity index (χ1v) is 12.1. The van der Waals surface area contributed by atoms with Crippen molar-refractivity contribution in [2.24, 2.45) is 22.6 Å². The highest BCUT2D eigenvalue weighted by molar-refractivity contribution is 8.13. The summed E-state index contributed by atoms with van der Waals surface area (Å²) in [5.41, 5.74) is 10.3. The molecule has 2 aromatic rings. The van der Waals surface area contributed by atoms with E-state index in [4.69, 9.17) is 15.5 Å². The number of aromatic nitrogens is 1. The van der Waals surface area contributed by atoms with Crippen molar-refractivity contribution in [1.29, 1.82) is 0 Å². The van der Waals surface area contributed by atoms with Gasteiger partial charge in [0.1, 0.15) is 11.6 Å². The van der Waals surface area contributed by atoms with Crippen LogP contribution in [0.15, 0.2) is 35.5 Å². The Morgan fingerprint density at radius 3 is 2.84 bits per heavy atom. The monoisotopic (exact) mass is 455 g/mol. The van der Waals surface area contributed by atoms with E-state index >= 15 is 4.39 Å². The van der Waals surface area contributed by atoms with Gasteiger partial charge >= 0.3 is 0 Å². The lowest BCUT2D eigenvalue weighted by Crippen LogP contribution is -2.47. The molecule has 0 bridgehead atoms. The molecule has 4 nitrogen and oxygen atoms in total. The van der Waals surface area contributed by atoms with E-state index in [2.05, 4.69) is 18.0 Å². The number of halogens is 2. The van der Waals surface area contributed by atoms with Crippen LogP contribution in [0, 0.1) is 23.5 Å². The Hall–Kier alpha value is -2.41. The molecule has 168 valence electrons. The zero-order valence-electron chi connectivity index (χ0n) is 18.3. The molecule has 2 N–H and O–H groups in total. The number of fused-ring (bicyclic) bond motifs is 2. The first-order chi connectivity index (χ1) is 15.4. The molecular weight excluding hydrogens is 428 g/mol. The Morgan fingerprint density at radius 1 is 1.25 bits per heavy atom. The van der Waals surface area contributed by atoms with E-state index in [9.17, 15) is 4.39 Å². The van der Waals surface area contributed by atoms with Crippen LogP contribution < -0.4 is 10.5 Å². The summed E-state index contributed by atoms with van der Waals surface area (Å²) < 4.78 is 34.5. The van der Waals surface area contributed by atoms with Crippen LogP contribution in [0.5, 0.6) is 5.88 Å². The van der Waals surface area contributed by atoms with Gasteiger partial charge in [-0.15, -0.1) is 0 Å². The molecule has 5 rings (SSSR count). The second-order valence-corrected chi connectivity index (χ2v) is 10.1. The second kappa shape index (κ2) is 8.18. The van der Waals surface area contributed by atoms with Crippen LogP contribution in [-0.2, 0) is 18.4 Å². The summed E-state index contributed by atoms with van der Waals surface area (Å²) in [5, 5.41) is 0.431. The molecule has 2 aliphatic carbocycles. The van der Waals surface area contributed by atoms with Crippen LogP contribution in [0.3, 0.4) is 0 Å². The zero-order valence-corrected chi connectivity index (χ0v) is 19.1. The van der Waals surface area contributed by atoms with Crippen molar-refractivity contribution in [3.63, 3.8) is 0 Å². The summed E-state index contributed by atoms with van der Waals surface area (Å²) >= 11 is 1.50. The normalized spacial score (nSPS) is 27.1. The minimum atomic E-state index is -0.903. The standard InChI is InChI=1S/C25H27F2N3OS/c1-14-5-3-4-6-17(14)20-12-29-23(31-2)19-11-25(21-8-7-16(26)10-22(21)27)15(9-18(19)20)13-32-24(28)30-25/h6-8,10,12,14-15H,3-5,9,11,13H2,1-2H3,(H2,28,30)/t14-,15+,25+/m1/s1. The van der Waals surface area contributed by atoms with Gasteiger partial charge in [0, 0.05) is 41.5 Å². The maximum atomic E-state index is 15.1. The van der Waals surface area contributed by atoms with Crippen LogP contribution >= 0.6 is 11.8 Å². The smallest absolute Gasteiger partial charge is 0.216 e. The number of ether oxygens (including phenoxy) is 1. The first kappa shape index (κ1) is 21.4. The van der Waals surface area contributed by atoms with Gasteiger partial charge in [-0.1, -0.05) is 30.8 Å². The van der Waals surface area contributed by atoms with Gasteiger partial charge in [0.15, 0.2) is 5.17 Å². The van der Waals surface area contributed by atoms with E-state index in [1.165, 1.54) is 47.0 Å². The van der Waals surface area contributed by atoms with Crippen LogP contribution in [0.1, 0.15) is 48.4 Å². The number of aliphatic imine (C=N–C) groups is 1. The fourth-order valence-electron chi connectivity index (χ4n) is 5.61. The van der Waals surface area contributed by atoms with E-state index in [-0.39, 0.29) is 5.92 Å². The predicted octanol–water partition coefficient (Wildman–Crippen LogP) is 5.24. The summed E-state index contributed by atoms with van der Waals surface area (Å²) in [4.78, 5) is 9.46. The summed E-state index contributed by atoms with van der Waals surface area (Å²) in [6.07, 6.45) is 8.85. The van der Waals surface area contributed by atoms with Gasteiger partial charge in [-0.2, -0.15) is 0 Å². The van der Waals surface area contributed by atoms with E-state index in [0.29, 0.717) is 35.4 Å². The summed E-state index contributed by atoms with van der Waals surface area (Å²) in [5.74, 6) is 0.576. The fraction of sp³-hybridized carbons (Fsp3) is 0.440. The van der Waals surface area contributed by atoms with Gasteiger partial charge in [0.2, 0.25) is 5.88 Å². The number of rotatable bonds is 3. The maximum absolute atomic E-state index is 15.1.